The van der Waals surface area contributed by atoms with Gasteiger partial charge in [-0.3, -0.25) is 9.89 Å². The smallest absolute Gasteiger partial charge is 0.257 e. The van der Waals surface area contributed by atoms with E-state index in [2.05, 4.69) is 10.2 Å². The zero-order valence-corrected chi connectivity index (χ0v) is 10.2. The molecular formula is C12H12F2N4O. The Labute approximate surface area is 108 Å². The molecule has 1 aromatic carbocycles. The first-order valence-corrected chi connectivity index (χ1v) is 5.46. The van der Waals surface area contributed by atoms with Crippen LogP contribution in [0.25, 0.3) is 0 Å². The quantitative estimate of drug-likeness (QED) is 0.827. The maximum Gasteiger partial charge on any atom is 0.257 e. The monoisotopic (exact) mass is 266 g/mol. The predicted molar refractivity (Wildman–Crippen MR) is 65.2 cm³/mol. The molecule has 7 heteroatoms. The van der Waals surface area contributed by atoms with Crippen LogP contribution in [0.3, 0.4) is 0 Å². The first-order chi connectivity index (χ1) is 8.99. The summed E-state index contributed by atoms with van der Waals surface area (Å²) in [5, 5.41) is 6.34. The topological polar surface area (TPSA) is 75.0 Å². The van der Waals surface area contributed by atoms with Gasteiger partial charge in [-0.25, -0.2) is 8.78 Å². The van der Waals surface area contributed by atoms with Gasteiger partial charge in [0.1, 0.15) is 5.82 Å². The lowest BCUT2D eigenvalue weighted by Gasteiger charge is -2.17. The Morgan fingerprint density at radius 3 is 2.84 bits per heavy atom. The second-order valence-electron chi connectivity index (χ2n) is 4.12. The molecule has 0 spiro atoms. The lowest BCUT2D eigenvalue weighted by Crippen LogP contribution is -2.27. The summed E-state index contributed by atoms with van der Waals surface area (Å²) in [6.45, 7) is 0.227. The van der Waals surface area contributed by atoms with Gasteiger partial charge < -0.3 is 10.6 Å². The Hall–Kier alpha value is -2.44. The van der Waals surface area contributed by atoms with Crippen molar-refractivity contribution in [3.8, 4) is 0 Å². The number of hydrogen-bond donors (Lipinski definition) is 2. The third-order valence-corrected chi connectivity index (χ3v) is 2.62. The van der Waals surface area contributed by atoms with Gasteiger partial charge in [-0.05, 0) is 12.1 Å². The second-order valence-corrected chi connectivity index (χ2v) is 4.12. The number of H-pyrrole nitrogens is 1. The number of carbonyl (C=O) groups is 1. The molecule has 0 aliphatic heterocycles. The summed E-state index contributed by atoms with van der Waals surface area (Å²) in [5.41, 5.74) is 5.27. The highest BCUT2D eigenvalue weighted by atomic mass is 19.1. The van der Waals surface area contributed by atoms with Crippen LogP contribution in [0, 0.1) is 11.6 Å². The average Bonchev–Trinajstić information content (AvgIpc) is 2.85. The van der Waals surface area contributed by atoms with Crippen molar-refractivity contribution in [3.63, 3.8) is 0 Å². The highest BCUT2D eigenvalue weighted by Gasteiger charge is 2.19. The number of nitrogens with one attached hydrogen (secondary N) is 1. The molecule has 0 radical (unpaired) electrons. The van der Waals surface area contributed by atoms with Gasteiger partial charge in [-0.15, -0.1) is 0 Å². The molecular weight excluding hydrogens is 254 g/mol. The summed E-state index contributed by atoms with van der Waals surface area (Å²) in [7, 11) is 1.48. The van der Waals surface area contributed by atoms with Crippen molar-refractivity contribution in [2.45, 2.75) is 6.54 Å². The molecule has 1 heterocycles. The first kappa shape index (κ1) is 13.0. The van der Waals surface area contributed by atoms with Crippen molar-refractivity contribution in [3.05, 3.63) is 47.3 Å². The molecule has 0 aliphatic carbocycles. The molecule has 2 aromatic rings. The fourth-order valence-corrected chi connectivity index (χ4v) is 1.68. The number of halogens is 2. The number of anilines is 1. The Morgan fingerprint density at radius 2 is 2.21 bits per heavy atom. The normalized spacial score (nSPS) is 10.5. The summed E-state index contributed by atoms with van der Waals surface area (Å²) < 4.78 is 26.9. The summed E-state index contributed by atoms with van der Waals surface area (Å²) in [6.07, 6.45) is 3.15. The van der Waals surface area contributed by atoms with Crippen molar-refractivity contribution < 1.29 is 13.6 Å². The van der Waals surface area contributed by atoms with Crippen LogP contribution in [0.5, 0.6) is 0 Å². The number of rotatable bonds is 3. The maximum atomic E-state index is 13.7. The van der Waals surface area contributed by atoms with Crippen molar-refractivity contribution in [1.82, 2.24) is 15.1 Å². The van der Waals surface area contributed by atoms with Crippen molar-refractivity contribution in [2.75, 3.05) is 12.8 Å². The summed E-state index contributed by atoms with van der Waals surface area (Å²) >= 11 is 0. The van der Waals surface area contributed by atoms with Gasteiger partial charge in [0.25, 0.3) is 5.91 Å². The van der Waals surface area contributed by atoms with Gasteiger partial charge in [0.2, 0.25) is 0 Å². The molecule has 0 saturated heterocycles. The number of nitrogens with zero attached hydrogens (tertiary/aromatic N) is 2. The Morgan fingerprint density at radius 1 is 1.47 bits per heavy atom. The van der Waals surface area contributed by atoms with Crippen LogP contribution in [0.1, 0.15) is 15.9 Å². The SMILES string of the molecule is CN(Cc1cn[nH]c1)C(=O)c1cc(F)cc(N)c1F. The Bertz CT molecular complexity index is 598. The highest BCUT2D eigenvalue weighted by molar-refractivity contribution is 5.95. The van der Waals surface area contributed by atoms with Crippen LogP contribution in [-0.2, 0) is 6.54 Å². The molecule has 19 heavy (non-hydrogen) atoms. The van der Waals surface area contributed by atoms with E-state index < -0.39 is 17.5 Å². The number of nitrogens with two attached hydrogens (primary N) is 1. The predicted octanol–water partition coefficient (Wildman–Crippen LogP) is 1.54. The number of nitrogen functional groups attached to an aromatic ring is 1. The zero-order chi connectivity index (χ0) is 14.0. The number of aromatic nitrogens is 2. The van der Waals surface area contributed by atoms with Gasteiger partial charge in [0.05, 0.1) is 17.4 Å². The number of amides is 1. The van der Waals surface area contributed by atoms with E-state index in [4.69, 9.17) is 5.73 Å². The van der Waals surface area contributed by atoms with Gasteiger partial charge >= 0.3 is 0 Å². The molecule has 1 aromatic heterocycles. The summed E-state index contributed by atoms with van der Waals surface area (Å²) in [6, 6.07) is 1.67. The number of hydrogen-bond acceptors (Lipinski definition) is 3. The standard InChI is InChI=1S/C12H12F2N4O/c1-18(6-7-4-16-17-5-7)12(19)9-2-8(13)3-10(15)11(9)14/h2-5H,6,15H2,1H3,(H,16,17). The Balaban J connectivity index is 2.24. The van der Waals surface area contributed by atoms with Gasteiger partial charge in [-0.2, -0.15) is 5.10 Å². The number of carbonyl (C=O) groups excluding carboxylic acids is 1. The lowest BCUT2D eigenvalue weighted by atomic mass is 10.1. The third-order valence-electron chi connectivity index (χ3n) is 2.62. The van der Waals surface area contributed by atoms with Crippen LogP contribution in [0.4, 0.5) is 14.5 Å². The second kappa shape index (κ2) is 5.05. The van der Waals surface area contributed by atoms with Gasteiger partial charge in [0.15, 0.2) is 5.82 Å². The third kappa shape index (κ3) is 2.70. The molecule has 2 rings (SSSR count). The molecule has 0 saturated carbocycles. The highest BCUT2D eigenvalue weighted by Crippen LogP contribution is 2.19. The largest absolute Gasteiger partial charge is 0.396 e. The minimum Gasteiger partial charge on any atom is -0.396 e. The van der Waals surface area contributed by atoms with E-state index >= 15 is 0 Å². The molecule has 0 bridgehead atoms. The van der Waals surface area contributed by atoms with E-state index in [1.54, 1.807) is 12.4 Å². The zero-order valence-electron chi connectivity index (χ0n) is 10.2. The van der Waals surface area contributed by atoms with E-state index in [1.807, 2.05) is 0 Å². The number of aromatic amines is 1. The van der Waals surface area contributed by atoms with Crippen molar-refractivity contribution in [1.29, 1.82) is 0 Å². The number of benzene rings is 1. The van der Waals surface area contributed by atoms with Crippen LogP contribution in [-0.4, -0.2) is 28.1 Å². The fraction of sp³-hybridized carbons (Fsp3) is 0.167. The first-order valence-electron chi connectivity index (χ1n) is 5.46. The average molecular weight is 266 g/mol. The van der Waals surface area contributed by atoms with Crippen LogP contribution >= 0.6 is 0 Å². The fourth-order valence-electron chi connectivity index (χ4n) is 1.68. The summed E-state index contributed by atoms with van der Waals surface area (Å²) in [4.78, 5) is 13.3. The van der Waals surface area contributed by atoms with Crippen molar-refractivity contribution >= 4 is 11.6 Å². The molecule has 0 aliphatic rings. The minimum atomic E-state index is -0.912. The van der Waals surface area contributed by atoms with Gasteiger partial charge in [0, 0.05) is 25.4 Å². The molecule has 5 nitrogen and oxygen atoms in total. The Kier molecular flexibility index (Phi) is 3.46. The molecule has 3 N–H and O–H groups in total. The van der Waals surface area contributed by atoms with Crippen LogP contribution in [0.15, 0.2) is 24.5 Å². The molecule has 0 fully saturated rings. The molecule has 0 atom stereocenters. The molecule has 0 unspecified atom stereocenters. The van der Waals surface area contributed by atoms with E-state index in [9.17, 15) is 13.6 Å². The maximum absolute atomic E-state index is 13.7. The lowest BCUT2D eigenvalue weighted by molar-refractivity contribution is 0.0780. The van der Waals surface area contributed by atoms with E-state index in [0.29, 0.717) is 0 Å². The minimum absolute atomic E-state index is 0.227. The van der Waals surface area contributed by atoms with E-state index in [-0.39, 0.29) is 17.8 Å². The molecule has 1 amide bonds. The molecule has 100 valence electrons. The summed E-state index contributed by atoms with van der Waals surface area (Å²) in [5.74, 6) is -2.31. The van der Waals surface area contributed by atoms with Crippen LogP contribution in [0.2, 0.25) is 0 Å². The van der Waals surface area contributed by atoms with E-state index in [0.717, 1.165) is 17.7 Å². The van der Waals surface area contributed by atoms with E-state index in [1.165, 1.54) is 11.9 Å². The van der Waals surface area contributed by atoms with Crippen molar-refractivity contribution in [2.24, 2.45) is 0 Å². The van der Waals surface area contributed by atoms with Crippen LogP contribution < -0.4 is 5.73 Å². The van der Waals surface area contributed by atoms with Gasteiger partial charge in [-0.1, -0.05) is 0 Å².